The van der Waals surface area contributed by atoms with Gasteiger partial charge in [-0.25, -0.2) is 4.98 Å². The Bertz CT molecular complexity index is 446. The van der Waals surface area contributed by atoms with E-state index in [-0.39, 0.29) is 6.10 Å². The Morgan fingerprint density at radius 2 is 2.12 bits per heavy atom. The molecule has 1 aromatic carbocycles. The molecule has 0 aliphatic rings. The lowest BCUT2D eigenvalue weighted by atomic mass is 10.1. The van der Waals surface area contributed by atoms with Gasteiger partial charge in [-0.3, -0.25) is 0 Å². The third kappa shape index (κ3) is 2.78. The van der Waals surface area contributed by atoms with Gasteiger partial charge in [0.25, 0.3) is 0 Å². The second kappa shape index (κ2) is 5.70. The Hall–Kier alpha value is -0.530. The summed E-state index contributed by atoms with van der Waals surface area (Å²) in [7, 11) is 0. The minimum absolute atomic E-state index is 0.147. The van der Waals surface area contributed by atoms with Gasteiger partial charge >= 0.3 is 0 Å². The van der Waals surface area contributed by atoms with Gasteiger partial charge in [-0.2, -0.15) is 4.37 Å². The van der Waals surface area contributed by atoms with Crippen LogP contribution >= 0.6 is 34.1 Å². The van der Waals surface area contributed by atoms with Crippen molar-refractivity contribution in [1.82, 2.24) is 9.36 Å². The molecule has 2 rings (SSSR count). The lowest BCUT2D eigenvalue weighted by Crippen LogP contribution is -2.07. The summed E-state index contributed by atoms with van der Waals surface area (Å²) in [4.78, 5) is 4.38. The van der Waals surface area contributed by atoms with Crippen molar-refractivity contribution in [3.8, 4) is 0 Å². The molecule has 0 amide bonds. The molecule has 1 unspecified atom stereocenters. The predicted molar refractivity (Wildman–Crippen MR) is 72.5 cm³/mol. The molecule has 84 valence electrons. The van der Waals surface area contributed by atoms with Crippen molar-refractivity contribution in [2.24, 2.45) is 0 Å². The summed E-state index contributed by atoms with van der Waals surface area (Å²) in [6, 6.07) is 10.1. The molecule has 3 nitrogen and oxygen atoms in total. The standard InChI is InChI=1S/C11H11IN2OS/c1-2-15-9(8-6-4-3-5-7-8)10-13-11(12)16-14-10/h3-7,9H,2H2,1H3. The predicted octanol–water partition coefficient (Wildman–Crippen LogP) is 3.27. The minimum Gasteiger partial charge on any atom is -0.366 e. The van der Waals surface area contributed by atoms with Crippen molar-refractivity contribution in [2.75, 3.05) is 6.61 Å². The van der Waals surface area contributed by atoms with Crippen LogP contribution in [0.1, 0.15) is 24.4 Å². The number of nitrogens with zero attached hydrogens (tertiary/aromatic N) is 2. The fourth-order valence-electron chi connectivity index (χ4n) is 1.44. The zero-order chi connectivity index (χ0) is 11.4. The van der Waals surface area contributed by atoms with Crippen LogP contribution in [0.3, 0.4) is 0 Å². The van der Waals surface area contributed by atoms with Crippen LogP contribution in [0.15, 0.2) is 30.3 Å². The molecule has 16 heavy (non-hydrogen) atoms. The molecule has 0 aliphatic carbocycles. The highest BCUT2D eigenvalue weighted by atomic mass is 127. The van der Waals surface area contributed by atoms with Crippen molar-refractivity contribution in [3.05, 3.63) is 44.7 Å². The number of rotatable bonds is 4. The zero-order valence-electron chi connectivity index (χ0n) is 8.76. The van der Waals surface area contributed by atoms with E-state index < -0.39 is 0 Å². The molecule has 0 aliphatic heterocycles. The highest BCUT2D eigenvalue weighted by molar-refractivity contribution is 14.1. The fraction of sp³-hybridized carbons (Fsp3) is 0.273. The van der Waals surface area contributed by atoms with Crippen molar-refractivity contribution in [3.63, 3.8) is 0 Å². The molecular formula is C11H11IN2OS. The smallest absolute Gasteiger partial charge is 0.176 e. The molecule has 0 saturated carbocycles. The molecule has 0 N–H and O–H groups in total. The number of hydrogen-bond donors (Lipinski definition) is 0. The van der Waals surface area contributed by atoms with Crippen molar-refractivity contribution >= 4 is 34.1 Å². The van der Waals surface area contributed by atoms with Crippen LogP contribution in [0.5, 0.6) is 0 Å². The first-order valence-electron chi connectivity index (χ1n) is 4.97. The Morgan fingerprint density at radius 3 is 2.69 bits per heavy atom. The molecule has 5 heteroatoms. The Labute approximate surface area is 112 Å². The number of hydrogen-bond acceptors (Lipinski definition) is 4. The zero-order valence-corrected chi connectivity index (χ0v) is 11.7. The maximum atomic E-state index is 5.71. The van der Waals surface area contributed by atoms with E-state index in [9.17, 15) is 0 Å². The van der Waals surface area contributed by atoms with Crippen LogP contribution in [-0.2, 0) is 4.74 Å². The van der Waals surface area contributed by atoms with E-state index in [1.165, 1.54) is 11.5 Å². The van der Waals surface area contributed by atoms with Gasteiger partial charge in [-0.15, -0.1) is 0 Å². The molecule has 0 saturated heterocycles. The van der Waals surface area contributed by atoms with Gasteiger partial charge in [0.05, 0.1) is 0 Å². The largest absolute Gasteiger partial charge is 0.366 e. The van der Waals surface area contributed by atoms with Gasteiger partial charge < -0.3 is 4.74 Å². The van der Waals surface area contributed by atoms with Crippen LogP contribution in [0.4, 0.5) is 0 Å². The lowest BCUT2D eigenvalue weighted by molar-refractivity contribution is 0.0859. The molecule has 0 bridgehead atoms. The highest BCUT2D eigenvalue weighted by Crippen LogP contribution is 2.24. The second-order valence-electron chi connectivity index (χ2n) is 3.15. The third-order valence-electron chi connectivity index (χ3n) is 2.09. The van der Waals surface area contributed by atoms with Gasteiger partial charge in [-0.05, 0) is 46.6 Å². The molecular weight excluding hydrogens is 335 g/mol. The van der Waals surface area contributed by atoms with E-state index in [1.54, 1.807) is 0 Å². The van der Waals surface area contributed by atoms with Crippen LogP contribution in [-0.4, -0.2) is 16.0 Å². The first kappa shape index (κ1) is 11.9. The van der Waals surface area contributed by atoms with Crippen LogP contribution in [0.25, 0.3) is 0 Å². The van der Waals surface area contributed by atoms with Crippen molar-refractivity contribution in [2.45, 2.75) is 13.0 Å². The molecule has 1 heterocycles. The quantitative estimate of drug-likeness (QED) is 0.797. The first-order chi connectivity index (χ1) is 7.81. The van der Waals surface area contributed by atoms with Gasteiger partial charge in [0.2, 0.25) is 0 Å². The molecule has 0 fully saturated rings. The number of halogens is 1. The number of ether oxygens (including phenoxy) is 1. The van der Waals surface area contributed by atoms with E-state index in [1.807, 2.05) is 37.3 Å². The summed E-state index contributed by atoms with van der Waals surface area (Å²) < 4.78 is 11.0. The van der Waals surface area contributed by atoms with Crippen LogP contribution in [0.2, 0.25) is 0 Å². The van der Waals surface area contributed by atoms with Crippen molar-refractivity contribution in [1.29, 1.82) is 0 Å². The summed E-state index contributed by atoms with van der Waals surface area (Å²) in [6.07, 6.45) is -0.147. The van der Waals surface area contributed by atoms with E-state index >= 15 is 0 Å². The Balaban J connectivity index is 2.31. The van der Waals surface area contributed by atoms with Gasteiger partial charge in [0.15, 0.2) is 8.84 Å². The molecule has 0 spiro atoms. The second-order valence-corrected chi connectivity index (χ2v) is 5.66. The molecule has 2 aromatic rings. The topological polar surface area (TPSA) is 35.0 Å². The Kier molecular flexibility index (Phi) is 4.25. The highest BCUT2D eigenvalue weighted by Gasteiger charge is 2.18. The average molecular weight is 346 g/mol. The van der Waals surface area contributed by atoms with E-state index in [2.05, 4.69) is 31.9 Å². The third-order valence-corrected chi connectivity index (χ3v) is 3.44. The number of benzene rings is 1. The SMILES string of the molecule is CCOC(c1ccccc1)c1nsc(I)n1. The van der Waals surface area contributed by atoms with Crippen LogP contribution < -0.4 is 0 Å². The maximum Gasteiger partial charge on any atom is 0.176 e. The minimum atomic E-state index is -0.147. The van der Waals surface area contributed by atoms with E-state index in [0.29, 0.717) is 6.61 Å². The maximum absolute atomic E-state index is 5.71. The first-order valence-corrected chi connectivity index (χ1v) is 6.82. The average Bonchev–Trinajstić information content (AvgIpc) is 2.74. The van der Waals surface area contributed by atoms with Gasteiger partial charge in [-0.1, -0.05) is 30.3 Å². The normalized spacial score (nSPS) is 12.6. The fourth-order valence-corrected chi connectivity index (χ4v) is 2.42. The van der Waals surface area contributed by atoms with Gasteiger partial charge in [0, 0.05) is 6.61 Å². The lowest BCUT2D eigenvalue weighted by Gasteiger charge is -2.13. The summed E-state index contributed by atoms with van der Waals surface area (Å²) in [5, 5.41) is 0. The summed E-state index contributed by atoms with van der Waals surface area (Å²) in [6.45, 7) is 2.63. The Morgan fingerprint density at radius 1 is 1.38 bits per heavy atom. The van der Waals surface area contributed by atoms with Crippen molar-refractivity contribution < 1.29 is 4.74 Å². The van der Waals surface area contributed by atoms with Crippen LogP contribution in [0, 0.1) is 3.01 Å². The number of aromatic nitrogens is 2. The van der Waals surface area contributed by atoms with E-state index in [0.717, 1.165) is 14.4 Å². The summed E-state index contributed by atoms with van der Waals surface area (Å²) >= 11 is 3.57. The monoisotopic (exact) mass is 346 g/mol. The molecule has 1 aromatic heterocycles. The summed E-state index contributed by atoms with van der Waals surface area (Å²) in [5.41, 5.74) is 1.10. The summed E-state index contributed by atoms with van der Waals surface area (Å²) in [5.74, 6) is 0.752. The molecule has 0 radical (unpaired) electrons. The van der Waals surface area contributed by atoms with Gasteiger partial charge in [0.1, 0.15) is 6.10 Å². The molecule has 1 atom stereocenters. The van der Waals surface area contributed by atoms with E-state index in [4.69, 9.17) is 4.74 Å².